The van der Waals surface area contributed by atoms with Gasteiger partial charge in [0.2, 0.25) is 0 Å². The van der Waals surface area contributed by atoms with Gasteiger partial charge in [0.1, 0.15) is 12.4 Å². The molecule has 102 valence electrons. The monoisotopic (exact) mass is 271 g/mol. The summed E-state index contributed by atoms with van der Waals surface area (Å²) in [5.41, 5.74) is 1.12. The summed E-state index contributed by atoms with van der Waals surface area (Å²) in [6.07, 6.45) is 0.916. The highest BCUT2D eigenvalue weighted by Crippen LogP contribution is 2.22. The summed E-state index contributed by atoms with van der Waals surface area (Å²) in [5, 5.41) is 4.12. The summed E-state index contributed by atoms with van der Waals surface area (Å²) in [7, 11) is 1.70. The fraction of sp³-hybridized carbons (Fsp3) is 0.571. The fourth-order valence-corrected chi connectivity index (χ4v) is 1.95. The van der Waals surface area contributed by atoms with E-state index in [1.54, 1.807) is 7.11 Å². The molecule has 0 aliphatic heterocycles. The molecule has 0 saturated heterocycles. The Kier molecular flexibility index (Phi) is 7.09. The van der Waals surface area contributed by atoms with Crippen molar-refractivity contribution in [1.29, 1.82) is 0 Å². The summed E-state index contributed by atoms with van der Waals surface area (Å²) in [6.45, 7) is 6.31. The Labute approximate surface area is 114 Å². The summed E-state index contributed by atoms with van der Waals surface area (Å²) in [6, 6.07) is 6.13. The highest BCUT2D eigenvalue weighted by atomic mass is 35.5. The molecule has 1 N–H and O–H groups in total. The number of methoxy groups -OCH3 is 1. The van der Waals surface area contributed by atoms with Gasteiger partial charge in [-0.2, -0.15) is 0 Å². The maximum atomic E-state index is 6.05. The van der Waals surface area contributed by atoms with Gasteiger partial charge in [-0.1, -0.05) is 18.5 Å². The highest BCUT2D eigenvalue weighted by molar-refractivity contribution is 6.31. The molecule has 0 aromatic heterocycles. The number of rotatable bonds is 8. The van der Waals surface area contributed by atoms with Gasteiger partial charge < -0.3 is 14.8 Å². The molecule has 0 radical (unpaired) electrons. The quantitative estimate of drug-likeness (QED) is 0.738. The molecule has 1 unspecified atom stereocenters. The molecule has 0 bridgehead atoms. The number of halogens is 1. The van der Waals surface area contributed by atoms with Crippen molar-refractivity contribution in [1.82, 2.24) is 5.32 Å². The van der Waals surface area contributed by atoms with Crippen LogP contribution in [0.2, 0.25) is 5.02 Å². The molecular formula is C14H22ClNO2. The van der Waals surface area contributed by atoms with Crippen LogP contribution < -0.4 is 10.1 Å². The van der Waals surface area contributed by atoms with Crippen molar-refractivity contribution in [3.05, 3.63) is 28.8 Å². The fourth-order valence-electron chi connectivity index (χ4n) is 1.69. The Morgan fingerprint density at radius 2 is 2.17 bits per heavy atom. The minimum absolute atomic E-state index is 0.343. The standard InChI is InChI=1S/C14H22ClNO2/c1-4-12-9-13(5-6-14(12)15)18-8-7-16-11(2)10-17-3/h5-6,9,11,16H,4,7-8,10H2,1-3H3. The van der Waals surface area contributed by atoms with E-state index < -0.39 is 0 Å². The van der Waals surface area contributed by atoms with Crippen molar-refractivity contribution in [3.63, 3.8) is 0 Å². The Bertz CT molecular complexity index is 358. The van der Waals surface area contributed by atoms with Crippen LogP contribution in [0.5, 0.6) is 5.75 Å². The van der Waals surface area contributed by atoms with E-state index in [-0.39, 0.29) is 0 Å². The van der Waals surface area contributed by atoms with E-state index >= 15 is 0 Å². The first-order chi connectivity index (χ1) is 8.67. The molecule has 1 atom stereocenters. The zero-order chi connectivity index (χ0) is 13.4. The van der Waals surface area contributed by atoms with Crippen LogP contribution in [0.1, 0.15) is 19.4 Å². The van der Waals surface area contributed by atoms with Crippen LogP contribution in [0.3, 0.4) is 0 Å². The van der Waals surface area contributed by atoms with Gasteiger partial charge in [0.25, 0.3) is 0 Å². The number of ether oxygens (including phenoxy) is 2. The summed E-state index contributed by atoms with van der Waals surface area (Å²) in [5.74, 6) is 0.873. The molecule has 0 aliphatic rings. The molecule has 0 heterocycles. The minimum atomic E-state index is 0.343. The van der Waals surface area contributed by atoms with E-state index in [0.29, 0.717) is 19.3 Å². The number of aryl methyl sites for hydroxylation is 1. The maximum absolute atomic E-state index is 6.05. The zero-order valence-electron chi connectivity index (χ0n) is 11.3. The van der Waals surface area contributed by atoms with Crippen LogP contribution >= 0.6 is 11.6 Å². The molecule has 0 fully saturated rings. The molecule has 4 heteroatoms. The predicted octanol–water partition coefficient (Wildman–Crippen LogP) is 2.91. The number of benzene rings is 1. The van der Waals surface area contributed by atoms with Crippen LogP contribution in [-0.2, 0) is 11.2 Å². The van der Waals surface area contributed by atoms with E-state index in [1.165, 1.54) is 0 Å². The average molecular weight is 272 g/mol. The topological polar surface area (TPSA) is 30.5 Å². The van der Waals surface area contributed by atoms with Gasteiger partial charge in [-0.3, -0.25) is 0 Å². The second kappa shape index (κ2) is 8.35. The third-order valence-corrected chi connectivity index (χ3v) is 3.05. The van der Waals surface area contributed by atoms with Crippen LogP contribution in [0, 0.1) is 0 Å². The first-order valence-electron chi connectivity index (χ1n) is 6.31. The molecule has 0 saturated carbocycles. The van der Waals surface area contributed by atoms with Gasteiger partial charge in [0.05, 0.1) is 6.61 Å². The second-order valence-corrected chi connectivity index (χ2v) is 4.67. The molecule has 1 aromatic carbocycles. The van der Waals surface area contributed by atoms with E-state index in [2.05, 4.69) is 19.2 Å². The Morgan fingerprint density at radius 1 is 1.39 bits per heavy atom. The zero-order valence-corrected chi connectivity index (χ0v) is 12.1. The molecule has 0 amide bonds. The van der Waals surface area contributed by atoms with Crippen molar-refractivity contribution in [2.45, 2.75) is 26.3 Å². The van der Waals surface area contributed by atoms with Crippen molar-refractivity contribution < 1.29 is 9.47 Å². The summed E-state index contributed by atoms with van der Waals surface area (Å²) in [4.78, 5) is 0. The molecule has 1 rings (SSSR count). The lowest BCUT2D eigenvalue weighted by atomic mass is 10.1. The Morgan fingerprint density at radius 3 is 2.83 bits per heavy atom. The van der Waals surface area contributed by atoms with E-state index in [4.69, 9.17) is 21.1 Å². The highest BCUT2D eigenvalue weighted by Gasteiger charge is 2.02. The molecule has 3 nitrogen and oxygen atoms in total. The molecule has 18 heavy (non-hydrogen) atoms. The van der Waals surface area contributed by atoms with Gasteiger partial charge in [0, 0.05) is 24.7 Å². The third-order valence-electron chi connectivity index (χ3n) is 2.68. The normalized spacial score (nSPS) is 12.4. The average Bonchev–Trinajstić information content (AvgIpc) is 2.37. The van der Waals surface area contributed by atoms with Gasteiger partial charge >= 0.3 is 0 Å². The predicted molar refractivity (Wildman–Crippen MR) is 75.7 cm³/mol. The number of hydrogen-bond donors (Lipinski definition) is 1. The molecule has 1 aromatic rings. The van der Waals surface area contributed by atoms with Crippen molar-refractivity contribution in [2.75, 3.05) is 26.9 Å². The lowest BCUT2D eigenvalue weighted by Gasteiger charge is -2.13. The molecule has 0 spiro atoms. The van der Waals surface area contributed by atoms with Crippen molar-refractivity contribution in [3.8, 4) is 5.75 Å². The lowest BCUT2D eigenvalue weighted by Crippen LogP contribution is -2.33. The number of hydrogen-bond acceptors (Lipinski definition) is 3. The minimum Gasteiger partial charge on any atom is -0.492 e. The van der Waals surface area contributed by atoms with E-state index in [0.717, 1.165) is 29.3 Å². The summed E-state index contributed by atoms with van der Waals surface area (Å²) < 4.78 is 10.7. The Hall–Kier alpha value is -0.770. The summed E-state index contributed by atoms with van der Waals surface area (Å²) >= 11 is 6.05. The maximum Gasteiger partial charge on any atom is 0.119 e. The van der Waals surface area contributed by atoms with Gasteiger partial charge in [-0.25, -0.2) is 0 Å². The smallest absolute Gasteiger partial charge is 0.119 e. The third kappa shape index (κ3) is 5.25. The van der Waals surface area contributed by atoms with Crippen LogP contribution in [0.25, 0.3) is 0 Å². The van der Waals surface area contributed by atoms with Gasteiger partial charge in [-0.05, 0) is 37.1 Å². The molecular weight excluding hydrogens is 250 g/mol. The van der Waals surface area contributed by atoms with Crippen LogP contribution in [-0.4, -0.2) is 32.9 Å². The largest absolute Gasteiger partial charge is 0.492 e. The van der Waals surface area contributed by atoms with Gasteiger partial charge in [-0.15, -0.1) is 0 Å². The molecule has 0 aliphatic carbocycles. The first kappa shape index (κ1) is 15.3. The first-order valence-corrected chi connectivity index (χ1v) is 6.68. The number of nitrogens with one attached hydrogen (secondary N) is 1. The van der Waals surface area contributed by atoms with Gasteiger partial charge in [0.15, 0.2) is 0 Å². The lowest BCUT2D eigenvalue weighted by molar-refractivity contribution is 0.169. The van der Waals surface area contributed by atoms with Crippen LogP contribution in [0.15, 0.2) is 18.2 Å². The Balaban J connectivity index is 2.31. The van der Waals surface area contributed by atoms with E-state index in [9.17, 15) is 0 Å². The van der Waals surface area contributed by atoms with E-state index in [1.807, 2.05) is 18.2 Å². The van der Waals surface area contributed by atoms with Crippen molar-refractivity contribution in [2.24, 2.45) is 0 Å². The van der Waals surface area contributed by atoms with Crippen molar-refractivity contribution >= 4 is 11.6 Å². The SMILES string of the molecule is CCc1cc(OCCNC(C)COC)ccc1Cl. The van der Waals surface area contributed by atoms with Crippen LogP contribution in [0.4, 0.5) is 0 Å². The second-order valence-electron chi connectivity index (χ2n) is 4.27.